The zero-order valence-electron chi connectivity index (χ0n) is 15.1. The molecule has 0 radical (unpaired) electrons. The summed E-state index contributed by atoms with van der Waals surface area (Å²) in [5.41, 5.74) is -1.44. The van der Waals surface area contributed by atoms with Crippen molar-refractivity contribution >= 4 is 11.4 Å². The molecule has 4 rings (SSSR count). The Kier molecular flexibility index (Phi) is 4.19. The summed E-state index contributed by atoms with van der Waals surface area (Å²) in [6.45, 7) is 1.65. The van der Waals surface area contributed by atoms with E-state index in [-0.39, 0.29) is 11.6 Å². The first kappa shape index (κ1) is 19.4. The maximum Gasteiger partial charge on any atom is 0.416 e. The van der Waals surface area contributed by atoms with E-state index in [2.05, 4.69) is 5.32 Å². The summed E-state index contributed by atoms with van der Waals surface area (Å²) in [7, 11) is 0. The Morgan fingerprint density at radius 3 is 1.48 bits per heavy atom. The summed E-state index contributed by atoms with van der Waals surface area (Å²) in [4.78, 5) is 0. The van der Waals surface area contributed by atoms with E-state index in [1.165, 1.54) is 0 Å². The molecular weight excluding hydrogens is 392 g/mol. The van der Waals surface area contributed by atoms with Gasteiger partial charge in [-0.2, -0.15) is 26.3 Å². The molecule has 1 nitrogen and oxygen atoms in total. The van der Waals surface area contributed by atoms with Gasteiger partial charge in [-0.05, 0) is 53.9 Å². The van der Waals surface area contributed by atoms with E-state index in [4.69, 9.17) is 0 Å². The van der Waals surface area contributed by atoms with Crippen molar-refractivity contribution in [2.45, 2.75) is 24.7 Å². The van der Waals surface area contributed by atoms with Crippen LogP contribution in [0.3, 0.4) is 0 Å². The van der Waals surface area contributed by atoms with Gasteiger partial charge < -0.3 is 5.32 Å². The number of rotatable bonds is 1. The van der Waals surface area contributed by atoms with Crippen LogP contribution in [0.2, 0.25) is 0 Å². The van der Waals surface area contributed by atoms with Gasteiger partial charge >= 0.3 is 12.4 Å². The SMILES string of the molecule is CC1(c2cc(C(F)(F)F)cc(C(F)(F)F)c2)c2ccccc2Nc2ccccc21. The lowest BCUT2D eigenvalue weighted by molar-refractivity contribution is -0.143. The molecule has 0 saturated carbocycles. The van der Waals surface area contributed by atoms with Crippen molar-refractivity contribution in [3.8, 4) is 0 Å². The molecule has 0 saturated heterocycles. The van der Waals surface area contributed by atoms with Gasteiger partial charge in [-0.25, -0.2) is 0 Å². The highest BCUT2D eigenvalue weighted by atomic mass is 19.4. The van der Waals surface area contributed by atoms with Crippen molar-refractivity contribution in [3.05, 3.63) is 94.5 Å². The lowest BCUT2D eigenvalue weighted by Crippen LogP contribution is -2.31. The molecule has 3 aromatic rings. The monoisotopic (exact) mass is 407 g/mol. The van der Waals surface area contributed by atoms with Crippen LogP contribution in [0.15, 0.2) is 66.7 Å². The molecule has 1 N–H and O–H groups in total. The van der Waals surface area contributed by atoms with Crippen LogP contribution in [0.25, 0.3) is 0 Å². The van der Waals surface area contributed by atoms with Gasteiger partial charge in [0.25, 0.3) is 0 Å². The fraction of sp³-hybridized carbons (Fsp3) is 0.182. The highest BCUT2D eigenvalue weighted by Crippen LogP contribution is 2.50. The third-order valence-corrected chi connectivity index (χ3v) is 5.37. The van der Waals surface area contributed by atoms with Crippen molar-refractivity contribution in [2.75, 3.05) is 5.32 Å². The molecule has 0 unspecified atom stereocenters. The normalized spacial score (nSPS) is 15.3. The largest absolute Gasteiger partial charge is 0.416 e. The molecule has 3 aromatic carbocycles. The Labute approximate surface area is 163 Å². The third-order valence-electron chi connectivity index (χ3n) is 5.37. The molecule has 0 bridgehead atoms. The van der Waals surface area contributed by atoms with Crippen LogP contribution in [-0.2, 0) is 17.8 Å². The molecule has 150 valence electrons. The number of halogens is 6. The lowest BCUT2D eigenvalue weighted by atomic mass is 9.67. The van der Waals surface area contributed by atoms with Crippen molar-refractivity contribution in [2.24, 2.45) is 0 Å². The van der Waals surface area contributed by atoms with Crippen LogP contribution in [0.1, 0.15) is 34.7 Å². The zero-order valence-corrected chi connectivity index (χ0v) is 15.1. The van der Waals surface area contributed by atoms with Crippen LogP contribution < -0.4 is 5.32 Å². The van der Waals surface area contributed by atoms with E-state index in [1.54, 1.807) is 55.5 Å². The Morgan fingerprint density at radius 2 is 1.07 bits per heavy atom. The second-order valence-corrected chi connectivity index (χ2v) is 7.14. The Morgan fingerprint density at radius 1 is 0.655 bits per heavy atom. The first-order chi connectivity index (χ1) is 13.5. The van der Waals surface area contributed by atoms with Gasteiger partial charge in [0.15, 0.2) is 0 Å². The van der Waals surface area contributed by atoms with Crippen molar-refractivity contribution < 1.29 is 26.3 Å². The summed E-state index contributed by atoms with van der Waals surface area (Å²) >= 11 is 0. The summed E-state index contributed by atoms with van der Waals surface area (Å²) in [5, 5.41) is 3.21. The topological polar surface area (TPSA) is 12.0 Å². The fourth-order valence-corrected chi connectivity index (χ4v) is 3.90. The summed E-state index contributed by atoms with van der Waals surface area (Å²) in [6, 6.07) is 15.7. The smallest absolute Gasteiger partial charge is 0.355 e. The number of nitrogens with one attached hydrogen (secondary N) is 1. The molecular formula is C22H15F6N. The van der Waals surface area contributed by atoms with Crippen LogP contribution in [0.4, 0.5) is 37.7 Å². The third kappa shape index (κ3) is 3.14. The standard InChI is InChI=1S/C22H15F6N/c1-20(13-10-14(21(23,24)25)12-15(11-13)22(26,27)28)16-6-2-4-8-18(16)29-19-9-5-3-7-17(19)20/h2-12,29H,1H3. The van der Waals surface area contributed by atoms with E-state index in [0.29, 0.717) is 22.5 Å². The van der Waals surface area contributed by atoms with E-state index >= 15 is 0 Å². The number of fused-ring (bicyclic) bond motifs is 2. The van der Waals surface area contributed by atoms with Gasteiger partial charge in [-0.3, -0.25) is 0 Å². The van der Waals surface area contributed by atoms with Crippen molar-refractivity contribution in [1.82, 2.24) is 0 Å². The molecule has 1 heterocycles. The number of para-hydroxylation sites is 2. The van der Waals surface area contributed by atoms with E-state index in [9.17, 15) is 26.3 Å². The molecule has 1 aliphatic heterocycles. The highest BCUT2D eigenvalue weighted by Gasteiger charge is 2.43. The Balaban J connectivity index is 2.07. The summed E-state index contributed by atoms with van der Waals surface area (Å²) < 4.78 is 80.6. The van der Waals surface area contributed by atoms with Gasteiger partial charge in [-0.15, -0.1) is 0 Å². The van der Waals surface area contributed by atoms with Gasteiger partial charge in [0, 0.05) is 16.8 Å². The van der Waals surface area contributed by atoms with Gasteiger partial charge in [0.05, 0.1) is 11.1 Å². The molecule has 0 fully saturated rings. The lowest BCUT2D eigenvalue weighted by Gasteiger charge is -2.39. The van der Waals surface area contributed by atoms with Crippen LogP contribution >= 0.6 is 0 Å². The van der Waals surface area contributed by atoms with Gasteiger partial charge in [0.1, 0.15) is 0 Å². The molecule has 0 aliphatic carbocycles. The number of anilines is 2. The van der Waals surface area contributed by atoms with Gasteiger partial charge in [-0.1, -0.05) is 36.4 Å². The second kappa shape index (κ2) is 6.27. The van der Waals surface area contributed by atoms with Crippen molar-refractivity contribution in [3.63, 3.8) is 0 Å². The minimum atomic E-state index is -4.90. The van der Waals surface area contributed by atoms with E-state index in [0.717, 1.165) is 12.1 Å². The zero-order chi connectivity index (χ0) is 21.0. The van der Waals surface area contributed by atoms with E-state index < -0.39 is 28.9 Å². The molecule has 7 heteroatoms. The Hall–Kier alpha value is -2.96. The minimum Gasteiger partial charge on any atom is -0.355 e. The summed E-state index contributed by atoms with van der Waals surface area (Å²) in [5.74, 6) is 0. The molecule has 0 atom stereocenters. The van der Waals surface area contributed by atoms with Crippen molar-refractivity contribution in [1.29, 1.82) is 0 Å². The average molecular weight is 407 g/mol. The second-order valence-electron chi connectivity index (χ2n) is 7.14. The number of hydrogen-bond donors (Lipinski definition) is 1. The van der Waals surface area contributed by atoms with E-state index in [1.807, 2.05) is 0 Å². The van der Waals surface area contributed by atoms with Crippen LogP contribution in [-0.4, -0.2) is 0 Å². The predicted molar refractivity (Wildman–Crippen MR) is 98.2 cm³/mol. The number of hydrogen-bond acceptors (Lipinski definition) is 1. The quantitative estimate of drug-likeness (QED) is 0.423. The molecule has 29 heavy (non-hydrogen) atoms. The molecule has 0 spiro atoms. The maximum atomic E-state index is 13.4. The maximum absolute atomic E-state index is 13.4. The van der Waals surface area contributed by atoms with Gasteiger partial charge in [0.2, 0.25) is 0 Å². The predicted octanol–water partition coefficient (Wildman–Crippen LogP) is 7.14. The minimum absolute atomic E-state index is 0.0685. The van der Waals surface area contributed by atoms with Crippen LogP contribution in [0, 0.1) is 0 Å². The first-order valence-corrected chi connectivity index (χ1v) is 8.77. The highest BCUT2D eigenvalue weighted by molar-refractivity contribution is 5.78. The average Bonchev–Trinajstić information content (AvgIpc) is 2.66. The first-order valence-electron chi connectivity index (χ1n) is 8.77. The van der Waals surface area contributed by atoms with Crippen LogP contribution in [0.5, 0.6) is 0 Å². The summed E-state index contributed by atoms with van der Waals surface area (Å²) in [6.07, 6.45) is -9.81. The number of alkyl halides is 6. The number of benzene rings is 3. The molecule has 0 aromatic heterocycles. The Bertz CT molecular complexity index is 1000. The molecule has 1 aliphatic rings. The fourth-order valence-electron chi connectivity index (χ4n) is 3.90. The molecule has 0 amide bonds.